The zero-order chi connectivity index (χ0) is 12.0. The molecule has 0 aliphatic carbocycles. The van der Waals surface area contributed by atoms with Crippen LogP contribution in [0.2, 0.25) is 0 Å². The predicted octanol–water partition coefficient (Wildman–Crippen LogP) is 2.78. The highest BCUT2D eigenvalue weighted by molar-refractivity contribution is 5.70. The normalized spacial score (nSPS) is 10.6. The van der Waals surface area contributed by atoms with Gasteiger partial charge in [-0.15, -0.1) is 6.42 Å². The Kier molecular flexibility index (Phi) is 4.13. The Balaban J connectivity index is 2.40. The lowest BCUT2D eigenvalue weighted by Gasteiger charge is -2.15. The molecule has 0 atom stereocenters. The summed E-state index contributed by atoms with van der Waals surface area (Å²) >= 11 is 0. The van der Waals surface area contributed by atoms with Crippen LogP contribution in [0.5, 0.6) is 0 Å². The van der Waals surface area contributed by atoms with E-state index >= 15 is 0 Å². The van der Waals surface area contributed by atoms with Crippen molar-refractivity contribution in [2.45, 2.75) is 26.9 Å². The highest BCUT2D eigenvalue weighted by atomic mass is 16.5. The molecular formula is C14H16O2. The van der Waals surface area contributed by atoms with E-state index in [1.807, 2.05) is 44.2 Å². The van der Waals surface area contributed by atoms with E-state index in [1.165, 1.54) is 0 Å². The maximum Gasteiger partial charge on any atom is 0.307 e. The van der Waals surface area contributed by atoms with E-state index < -0.39 is 5.41 Å². The van der Waals surface area contributed by atoms with Crippen molar-refractivity contribution in [3.63, 3.8) is 0 Å². The molecule has 0 aliphatic rings. The fourth-order valence-corrected chi connectivity index (χ4v) is 1.20. The number of terminal acetylenes is 1. The molecule has 0 heterocycles. The van der Waals surface area contributed by atoms with E-state index in [9.17, 15) is 4.79 Å². The first kappa shape index (κ1) is 12.3. The molecule has 1 aromatic carbocycles. The first-order valence-electron chi connectivity index (χ1n) is 5.21. The minimum absolute atomic E-state index is 0.246. The summed E-state index contributed by atoms with van der Waals surface area (Å²) in [5, 5.41) is 0. The van der Waals surface area contributed by atoms with Crippen molar-refractivity contribution in [2.24, 2.45) is 5.41 Å². The minimum atomic E-state index is -0.437. The van der Waals surface area contributed by atoms with E-state index in [4.69, 9.17) is 11.2 Å². The van der Waals surface area contributed by atoms with Gasteiger partial charge in [0.15, 0.2) is 0 Å². The summed E-state index contributed by atoms with van der Waals surface area (Å²) in [6, 6.07) is 9.58. The van der Waals surface area contributed by atoms with Gasteiger partial charge in [0.2, 0.25) is 0 Å². The smallest absolute Gasteiger partial charge is 0.307 e. The molecule has 2 heteroatoms. The van der Waals surface area contributed by atoms with Crippen LogP contribution < -0.4 is 0 Å². The SMILES string of the molecule is C#CC(C)(C)CC(=O)OCc1ccccc1. The lowest BCUT2D eigenvalue weighted by Crippen LogP contribution is -2.16. The molecule has 0 spiro atoms. The fraction of sp³-hybridized carbons (Fsp3) is 0.357. The van der Waals surface area contributed by atoms with Crippen LogP contribution in [-0.2, 0) is 16.1 Å². The van der Waals surface area contributed by atoms with E-state index in [0.717, 1.165) is 5.56 Å². The van der Waals surface area contributed by atoms with Gasteiger partial charge in [-0.2, -0.15) is 0 Å². The average Bonchev–Trinajstić information content (AvgIpc) is 2.27. The van der Waals surface area contributed by atoms with Crippen LogP contribution in [0.3, 0.4) is 0 Å². The summed E-state index contributed by atoms with van der Waals surface area (Å²) in [5.41, 5.74) is 0.544. The number of hydrogen-bond donors (Lipinski definition) is 0. The molecule has 1 rings (SSSR count). The molecule has 0 N–H and O–H groups in total. The molecule has 0 fully saturated rings. The summed E-state index contributed by atoms with van der Waals surface area (Å²) in [7, 11) is 0. The van der Waals surface area contributed by atoms with E-state index in [2.05, 4.69) is 5.92 Å². The van der Waals surface area contributed by atoms with E-state index in [-0.39, 0.29) is 12.4 Å². The van der Waals surface area contributed by atoms with Gasteiger partial charge in [-0.25, -0.2) is 0 Å². The Morgan fingerprint density at radius 3 is 2.56 bits per heavy atom. The molecule has 0 aromatic heterocycles. The predicted molar refractivity (Wildman–Crippen MR) is 63.5 cm³/mol. The first-order chi connectivity index (χ1) is 7.53. The second kappa shape index (κ2) is 5.37. The van der Waals surface area contributed by atoms with Crippen molar-refractivity contribution in [3.8, 4) is 12.3 Å². The summed E-state index contributed by atoms with van der Waals surface area (Å²) in [6.07, 6.45) is 5.55. The molecule has 0 aliphatic heterocycles. The number of carbonyl (C=O) groups excluding carboxylic acids is 1. The third-order valence-electron chi connectivity index (χ3n) is 2.22. The van der Waals surface area contributed by atoms with Crippen LogP contribution in [0.1, 0.15) is 25.8 Å². The van der Waals surface area contributed by atoms with Crippen molar-refractivity contribution in [2.75, 3.05) is 0 Å². The number of benzene rings is 1. The Morgan fingerprint density at radius 1 is 1.38 bits per heavy atom. The van der Waals surface area contributed by atoms with Crippen molar-refractivity contribution >= 4 is 5.97 Å². The first-order valence-corrected chi connectivity index (χ1v) is 5.21. The van der Waals surface area contributed by atoms with Crippen LogP contribution in [-0.4, -0.2) is 5.97 Å². The summed E-state index contributed by atoms with van der Waals surface area (Å²) in [5.74, 6) is 2.31. The molecule has 1 aromatic rings. The van der Waals surface area contributed by atoms with Gasteiger partial charge in [0, 0.05) is 5.41 Å². The minimum Gasteiger partial charge on any atom is -0.461 e. The van der Waals surface area contributed by atoms with E-state index in [0.29, 0.717) is 6.61 Å². The molecule has 0 radical (unpaired) electrons. The van der Waals surface area contributed by atoms with Crippen molar-refractivity contribution < 1.29 is 9.53 Å². The lowest BCUT2D eigenvalue weighted by atomic mass is 9.91. The van der Waals surface area contributed by atoms with E-state index in [1.54, 1.807) is 0 Å². The summed E-state index contributed by atoms with van der Waals surface area (Å²) in [4.78, 5) is 11.5. The maximum atomic E-state index is 11.5. The van der Waals surface area contributed by atoms with Crippen molar-refractivity contribution in [1.82, 2.24) is 0 Å². The van der Waals surface area contributed by atoms with Crippen LogP contribution in [0.25, 0.3) is 0 Å². The Morgan fingerprint density at radius 2 is 2.00 bits per heavy atom. The number of hydrogen-bond acceptors (Lipinski definition) is 2. The molecule has 16 heavy (non-hydrogen) atoms. The van der Waals surface area contributed by atoms with Gasteiger partial charge in [0.25, 0.3) is 0 Å². The zero-order valence-electron chi connectivity index (χ0n) is 9.69. The number of rotatable bonds is 4. The standard InChI is InChI=1S/C14H16O2/c1-4-14(2,3)10-13(15)16-11-12-8-6-5-7-9-12/h1,5-9H,10-11H2,2-3H3. The molecular weight excluding hydrogens is 200 g/mol. The molecule has 0 saturated carbocycles. The lowest BCUT2D eigenvalue weighted by molar-refractivity contribution is -0.146. The van der Waals surface area contributed by atoms with Crippen LogP contribution in [0.4, 0.5) is 0 Å². The molecule has 2 nitrogen and oxygen atoms in total. The third-order valence-corrected chi connectivity index (χ3v) is 2.22. The van der Waals surface area contributed by atoms with Crippen molar-refractivity contribution in [1.29, 1.82) is 0 Å². The van der Waals surface area contributed by atoms with Crippen LogP contribution >= 0.6 is 0 Å². The van der Waals surface area contributed by atoms with Gasteiger partial charge in [-0.05, 0) is 19.4 Å². The van der Waals surface area contributed by atoms with Gasteiger partial charge in [0.05, 0.1) is 6.42 Å². The number of ether oxygens (including phenoxy) is 1. The summed E-state index contributed by atoms with van der Waals surface area (Å²) < 4.78 is 5.13. The molecule has 84 valence electrons. The summed E-state index contributed by atoms with van der Waals surface area (Å²) in [6.45, 7) is 3.99. The van der Waals surface area contributed by atoms with Gasteiger partial charge in [0.1, 0.15) is 6.61 Å². The van der Waals surface area contributed by atoms with Crippen molar-refractivity contribution in [3.05, 3.63) is 35.9 Å². The van der Waals surface area contributed by atoms with Gasteiger partial charge in [-0.3, -0.25) is 4.79 Å². The highest BCUT2D eigenvalue weighted by Gasteiger charge is 2.19. The Bertz CT molecular complexity index is 385. The Hall–Kier alpha value is -1.75. The second-order valence-corrected chi connectivity index (χ2v) is 4.35. The molecule has 0 saturated heterocycles. The van der Waals surface area contributed by atoms with Crippen LogP contribution in [0.15, 0.2) is 30.3 Å². The van der Waals surface area contributed by atoms with Gasteiger partial charge in [-0.1, -0.05) is 36.3 Å². The topological polar surface area (TPSA) is 26.3 Å². The quantitative estimate of drug-likeness (QED) is 0.571. The second-order valence-electron chi connectivity index (χ2n) is 4.35. The third kappa shape index (κ3) is 4.18. The number of carbonyl (C=O) groups is 1. The fourth-order valence-electron chi connectivity index (χ4n) is 1.20. The highest BCUT2D eigenvalue weighted by Crippen LogP contribution is 2.19. The molecule has 0 unspecified atom stereocenters. The average molecular weight is 216 g/mol. The van der Waals surface area contributed by atoms with Gasteiger partial charge >= 0.3 is 5.97 Å². The van der Waals surface area contributed by atoms with Gasteiger partial charge < -0.3 is 4.74 Å². The largest absolute Gasteiger partial charge is 0.461 e. The monoisotopic (exact) mass is 216 g/mol. The van der Waals surface area contributed by atoms with Crippen LogP contribution in [0, 0.1) is 17.8 Å². The maximum absolute atomic E-state index is 11.5. The Labute approximate surface area is 96.6 Å². The zero-order valence-corrected chi connectivity index (χ0v) is 9.69. The molecule has 0 amide bonds. The number of esters is 1. The molecule has 0 bridgehead atoms.